The van der Waals surface area contributed by atoms with Crippen LogP contribution in [0.4, 0.5) is 5.82 Å². The number of hydrogen-bond donors (Lipinski definition) is 1. The highest BCUT2D eigenvalue weighted by Gasteiger charge is 2.07. The molecule has 2 aromatic carbocycles. The van der Waals surface area contributed by atoms with E-state index in [2.05, 4.69) is 33.2 Å². The Morgan fingerprint density at radius 2 is 1.80 bits per heavy atom. The lowest BCUT2D eigenvalue weighted by Crippen LogP contribution is -2.05. The molecule has 0 aliphatic heterocycles. The third kappa shape index (κ3) is 2.75. The molecule has 0 aliphatic rings. The van der Waals surface area contributed by atoms with Gasteiger partial charge in [-0.25, -0.2) is 4.68 Å². The standard InChI is InChI=1S/C16H14BrN3/c17-14-8-4-5-12(9-14)11-20-16(18)10-15(19-20)13-6-2-1-3-7-13/h1-10H,11,18H2. The second kappa shape index (κ2) is 5.51. The van der Waals surface area contributed by atoms with E-state index in [4.69, 9.17) is 5.73 Å². The van der Waals surface area contributed by atoms with E-state index in [-0.39, 0.29) is 0 Å². The summed E-state index contributed by atoms with van der Waals surface area (Å²) < 4.78 is 2.88. The predicted molar refractivity (Wildman–Crippen MR) is 85.3 cm³/mol. The fourth-order valence-electron chi connectivity index (χ4n) is 2.12. The quantitative estimate of drug-likeness (QED) is 0.791. The van der Waals surface area contributed by atoms with Crippen LogP contribution in [-0.4, -0.2) is 9.78 Å². The average Bonchev–Trinajstić information content (AvgIpc) is 2.81. The molecule has 4 heteroatoms. The van der Waals surface area contributed by atoms with Crippen molar-refractivity contribution < 1.29 is 0 Å². The molecule has 0 fully saturated rings. The fourth-order valence-corrected chi connectivity index (χ4v) is 2.56. The zero-order valence-electron chi connectivity index (χ0n) is 10.8. The van der Waals surface area contributed by atoms with E-state index in [0.29, 0.717) is 12.4 Å². The van der Waals surface area contributed by atoms with Crippen molar-refractivity contribution >= 4 is 21.7 Å². The van der Waals surface area contributed by atoms with Crippen molar-refractivity contribution in [1.82, 2.24) is 9.78 Å². The third-order valence-electron chi connectivity index (χ3n) is 3.10. The van der Waals surface area contributed by atoms with Crippen molar-refractivity contribution in [2.45, 2.75) is 6.54 Å². The molecule has 1 aromatic heterocycles. The SMILES string of the molecule is Nc1cc(-c2ccccc2)nn1Cc1cccc(Br)c1. The fraction of sp³-hybridized carbons (Fsp3) is 0.0625. The molecule has 3 rings (SSSR count). The molecule has 1 heterocycles. The summed E-state index contributed by atoms with van der Waals surface area (Å²) in [4.78, 5) is 0. The first-order valence-corrected chi connectivity index (χ1v) is 7.15. The van der Waals surface area contributed by atoms with Crippen LogP contribution in [0.1, 0.15) is 5.56 Å². The maximum atomic E-state index is 6.05. The molecule has 20 heavy (non-hydrogen) atoms. The number of nitrogen functional groups attached to an aromatic ring is 1. The molecule has 0 spiro atoms. The van der Waals surface area contributed by atoms with E-state index in [1.165, 1.54) is 0 Å². The number of benzene rings is 2. The minimum Gasteiger partial charge on any atom is -0.384 e. The Bertz CT molecular complexity index is 720. The Morgan fingerprint density at radius 1 is 1.00 bits per heavy atom. The van der Waals surface area contributed by atoms with Gasteiger partial charge >= 0.3 is 0 Å². The lowest BCUT2D eigenvalue weighted by atomic mass is 10.2. The van der Waals surface area contributed by atoms with Gasteiger partial charge < -0.3 is 5.73 Å². The van der Waals surface area contributed by atoms with Crippen molar-refractivity contribution in [2.75, 3.05) is 5.73 Å². The number of halogens is 1. The zero-order chi connectivity index (χ0) is 13.9. The summed E-state index contributed by atoms with van der Waals surface area (Å²) in [6, 6.07) is 20.1. The second-order valence-electron chi connectivity index (χ2n) is 4.61. The van der Waals surface area contributed by atoms with Crippen LogP contribution in [0.3, 0.4) is 0 Å². The molecule has 0 atom stereocenters. The normalized spacial score (nSPS) is 10.7. The summed E-state index contributed by atoms with van der Waals surface area (Å²) in [6.45, 7) is 0.665. The molecular formula is C16H14BrN3. The topological polar surface area (TPSA) is 43.8 Å². The second-order valence-corrected chi connectivity index (χ2v) is 5.52. The Balaban J connectivity index is 1.90. The lowest BCUT2D eigenvalue weighted by molar-refractivity contribution is 0.699. The molecule has 0 bridgehead atoms. The molecule has 3 aromatic rings. The van der Waals surface area contributed by atoms with Gasteiger partial charge in [0.1, 0.15) is 5.82 Å². The first-order valence-electron chi connectivity index (χ1n) is 6.35. The van der Waals surface area contributed by atoms with Gasteiger partial charge in [-0.15, -0.1) is 0 Å². The zero-order valence-corrected chi connectivity index (χ0v) is 12.4. The molecule has 2 N–H and O–H groups in total. The van der Waals surface area contributed by atoms with Gasteiger partial charge in [0, 0.05) is 16.1 Å². The van der Waals surface area contributed by atoms with Gasteiger partial charge in [-0.05, 0) is 17.7 Å². The van der Waals surface area contributed by atoms with Crippen LogP contribution in [0.2, 0.25) is 0 Å². The van der Waals surface area contributed by atoms with E-state index in [1.807, 2.05) is 53.2 Å². The summed E-state index contributed by atoms with van der Waals surface area (Å²) in [5.74, 6) is 0.670. The Kier molecular flexibility index (Phi) is 3.56. The smallest absolute Gasteiger partial charge is 0.122 e. The minimum absolute atomic E-state index is 0.665. The van der Waals surface area contributed by atoms with E-state index in [1.54, 1.807) is 0 Å². The summed E-state index contributed by atoms with van der Waals surface area (Å²) in [5.41, 5.74) is 9.19. The molecule has 0 aliphatic carbocycles. The van der Waals surface area contributed by atoms with Crippen LogP contribution in [0.15, 0.2) is 65.1 Å². The van der Waals surface area contributed by atoms with E-state index >= 15 is 0 Å². The highest BCUT2D eigenvalue weighted by molar-refractivity contribution is 9.10. The van der Waals surface area contributed by atoms with E-state index in [0.717, 1.165) is 21.3 Å². The van der Waals surface area contributed by atoms with Gasteiger partial charge in [0.25, 0.3) is 0 Å². The maximum absolute atomic E-state index is 6.05. The third-order valence-corrected chi connectivity index (χ3v) is 3.60. The Morgan fingerprint density at radius 3 is 2.55 bits per heavy atom. The van der Waals surface area contributed by atoms with Crippen molar-refractivity contribution in [3.05, 3.63) is 70.7 Å². The van der Waals surface area contributed by atoms with Crippen molar-refractivity contribution in [1.29, 1.82) is 0 Å². The van der Waals surface area contributed by atoms with Gasteiger partial charge in [-0.2, -0.15) is 5.10 Å². The molecule has 100 valence electrons. The van der Waals surface area contributed by atoms with Crippen molar-refractivity contribution in [3.8, 4) is 11.3 Å². The van der Waals surface area contributed by atoms with Crippen LogP contribution < -0.4 is 5.73 Å². The van der Waals surface area contributed by atoms with Gasteiger partial charge in [-0.3, -0.25) is 0 Å². The van der Waals surface area contributed by atoms with Crippen molar-refractivity contribution in [2.24, 2.45) is 0 Å². The lowest BCUT2D eigenvalue weighted by Gasteiger charge is -2.04. The Labute approximate surface area is 126 Å². The first-order chi connectivity index (χ1) is 9.72. The summed E-state index contributed by atoms with van der Waals surface area (Å²) >= 11 is 3.48. The maximum Gasteiger partial charge on any atom is 0.122 e. The highest BCUT2D eigenvalue weighted by atomic mass is 79.9. The Hall–Kier alpha value is -2.07. The van der Waals surface area contributed by atoms with Gasteiger partial charge in [-0.1, -0.05) is 58.4 Å². The number of nitrogens with two attached hydrogens (primary N) is 1. The molecule has 3 nitrogen and oxygen atoms in total. The van der Waals surface area contributed by atoms with Crippen LogP contribution in [0, 0.1) is 0 Å². The summed E-state index contributed by atoms with van der Waals surface area (Å²) in [7, 11) is 0. The van der Waals surface area contributed by atoms with Crippen LogP contribution >= 0.6 is 15.9 Å². The summed E-state index contributed by atoms with van der Waals surface area (Å²) in [5, 5.41) is 4.58. The number of nitrogens with zero attached hydrogens (tertiary/aromatic N) is 2. The number of hydrogen-bond acceptors (Lipinski definition) is 2. The van der Waals surface area contributed by atoms with E-state index < -0.39 is 0 Å². The molecule has 0 amide bonds. The van der Waals surface area contributed by atoms with Gasteiger partial charge in [0.05, 0.1) is 12.2 Å². The highest BCUT2D eigenvalue weighted by Crippen LogP contribution is 2.21. The van der Waals surface area contributed by atoms with Crippen LogP contribution in [0.5, 0.6) is 0 Å². The largest absolute Gasteiger partial charge is 0.384 e. The molecule has 0 saturated heterocycles. The predicted octanol–water partition coefficient (Wildman–Crippen LogP) is 3.94. The molecule has 0 unspecified atom stereocenters. The minimum atomic E-state index is 0.665. The van der Waals surface area contributed by atoms with Gasteiger partial charge in [0.15, 0.2) is 0 Å². The number of anilines is 1. The molecule has 0 radical (unpaired) electrons. The van der Waals surface area contributed by atoms with Crippen molar-refractivity contribution in [3.63, 3.8) is 0 Å². The number of rotatable bonds is 3. The monoisotopic (exact) mass is 327 g/mol. The average molecular weight is 328 g/mol. The molecule has 0 saturated carbocycles. The molecular weight excluding hydrogens is 314 g/mol. The van der Waals surface area contributed by atoms with E-state index in [9.17, 15) is 0 Å². The summed E-state index contributed by atoms with van der Waals surface area (Å²) in [6.07, 6.45) is 0. The van der Waals surface area contributed by atoms with Crippen LogP contribution in [0.25, 0.3) is 11.3 Å². The number of aromatic nitrogens is 2. The first kappa shape index (κ1) is 12.9. The van der Waals surface area contributed by atoms with Crippen LogP contribution in [-0.2, 0) is 6.54 Å². The van der Waals surface area contributed by atoms with Gasteiger partial charge in [0.2, 0.25) is 0 Å².